The van der Waals surface area contributed by atoms with Crippen molar-refractivity contribution < 1.29 is 104 Å². The minimum atomic E-state index is -3.97. The Morgan fingerprint density at radius 3 is 2.10 bits per heavy atom. The number of carbonyl (C=O) groups excluding carboxylic acids is 1. The third-order valence-electron chi connectivity index (χ3n) is 5.77. The maximum atomic E-state index is 13.7. The first kappa shape index (κ1) is 35.2. The van der Waals surface area contributed by atoms with Gasteiger partial charge in [0.05, 0.1) is 30.8 Å². The largest absolute Gasteiger partial charge is 1.00 e. The van der Waals surface area contributed by atoms with Crippen LogP contribution in [0.3, 0.4) is 0 Å². The molecule has 1 fully saturated rings. The maximum Gasteiger partial charge on any atom is 1.00 e. The van der Waals surface area contributed by atoms with Gasteiger partial charge in [-0.3, -0.25) is 0 Å². The molecule has 0 spiro atoms. The summed E-state index contributed by atoms with van der Waals surface area (Å²) in [5.74, 6) is -3.81. The summed E-state index contributed by atoms with van der Waals surface area (Å²) in [6.07, 6.45) is -2.80. The molecule has 15 heteroatoms. The monoisotopic (exact) mass is 596 g/mol. The summed E-state index contributed by atoms with van der Waals surface area (Å²) in [6, 6.07) is 8.28. The van der Waals surface area contributed by atoms with E-state index in [4.69, 9.17) is 24.8 Å². The molecule has 3 rings (SSSR count). The van der Waals surface area contributed by atoms with Gasteiger partial charge in [0, 0.05) is 6.04 Å². The normalized spacial score (nSPS) is 15.5. The minimum absolute atomic E-state index is 0. The van der Waals surface area contributed by atoms with Crippen LogP contribution in [0.5, 0.6) is 11.5 Å². The van der Waals surface area contributed by atoms with Crippen molar-refractivity contribution >= 4 is 27.5 Å². The average molecular weight is 597 g/mol. The summed E-state index contributed by atoms with van der Waals surface area (Å²) < 4.78 is 50.5. The summed E-state index contributed by atoms with van der Waals surface area (Å²) in [6.45, 7) is 1.94. The maximum absolute atomic E-state index is 13.7. The molecule has 39 heavy (non-hydrogen) atoms. The second-order valence-electron chi connectivity index (χ2n) is 8.43. The van der Waals surface area contributed by atoms with Crippen LogP contribution in [0.4, 0.5) is 10.1 Å². The van der Waals surface area contributed by atoms with Crippen molar-refractivity contribution in [3.63, 3.8) is 0 Å². The van der Waals surface area contributed by atoms with Crippen LogP contribution in [0.25, 0.3) is 0 Å². The number of rotatable bonds is 9. The zero-order chi connectivity index (χ0) is 28.6. The van der Waals surface area contributed by atoms with E-state index >= 15 is 0 Å². The van der Waals surface area contributed by atoms with Crippen molar-refractivity contribution in [1.82, 2.24) is 4.90 Å². The fourth-order valence-electron chi connectivity index (χ4n) is 3.59. The van der Waals surface area contributed by atoms with E-state index in [0.717, 1.165) is 32.0 Å². The second kappa shape index (κ2) is 15.8. The van der Waals surface area contributed by atoms with Crippen LogP contribution in [0.1, 0.15) is 12.8 Å². The Labute approximate surface area is 268 Å². The Hall–Kier alpha value is -1.82. The number of benzene rings is 2. The van der Waals surface area contributed by atoms with E-state index in [9.17, 15) is 27.5 Å². The van der Waals surface area contributed by atoms with Gasteiger partial charge >= 0.3 is 57.4 Å². The number of aliphatic hydroxyl groups is 2. The van der Waals surface area contributed by atoms with Gasteiger partial charge in [0.2, 0.25) is 9.84 Å². The van der Waals surface area contributed by atoms with Crippen LogP contribution >= 0.6 is 0 Å². The van der Waals surface area contributed by atoms with Crippen molar-refractivity contribution in [2.45, 2.75) is 40.9 Å². The number of piperidine rings is 1. The Morgan fingerprint density at radius 1 is 1.05 bits per heavy atom. The standard InChI is InChI=1S/C20H25FN2O4S.C4H6O6.K/c1-23-10-8-15(9-11-23)22-17-13-16(5-7-18(17)26-2)28(24,25)20-12-14(21)4-6-19(20)27-3;5-1(3(7)8)2(6)4(9)10;/h4-7,12-13,15,22H,8-11H2,1-3H3;1-2,5-6H,(H,7,8)(H,9,10);/q;;+1/p-1. The summed E-state index contributed by atoms with van der Waals surface area (Å²) in [5.41, 5.74) is 0.605. The first-order valence-corrected chi connectivity index (χ1v) is 12.8. The molecular formula is C24H30FKN2O10S. The zero-order valence-corrected chi connectivity index (χ0v) is 25.9. The molecule has 12 nitrogen and oxygen atoms in total. The van der Waals surface area contributed by atoms with E-state index in [1.165, 1.54) is 31.4 Å². The Balaban J connectivity index is 0.000000592. The molecule has 2 unspecified atom stereocenters. The molecule has 2 aromatic rings. The van der Waals surface area contributed by atoms with E-state index in [2.05, 4.69) is 17.3 Å². The smallest absolute Gasteiger partial charge is 0.547 e. The molecule has 0 amide bonds. The number of nitrogens with zero attached hydrogens (tertiary/aromatic N) is 1. The molecule has 4 N–H and O–H groups in total. The number of nitrogens with one attached hydrogen (secondary N) is 1. The molecule has 1 aliphatic heterocycles. The van der Waals surface area contributed by atoms with E-state index in [0.29, 0.717) is 11.4 Å². The number of hydrogen-bond donors (Lipinski definition) is 4. The Morgan fingerprint density at radius 2 is 1.62 bits per heavy atom. The van der Waals surface area contributed by atoms with Crippen molar-refractivity contribution in [3.05, 3.63) is 42.2 Å². The van der Waals surface area contributed by atoms with Crippen LogP contribution < -0.4 is 71.3 Å². The number of halogens is 1. The zero-order valence-electron chi connectivity index (χ0n) is 22.0. The molecule has 0 aliphatic carbocycles. The fourth-order valence-corrected chi connectivity index (χ4v) is 5.05. The van der Waals surface area contributed by atoms with Crippen LogP contribution in [-0.4, -0.2) is 93.2 Å². The molecule has 2 atom stereocenters. The van der Waals surface area contributed by atoms with Crippen LogP contribution in [0, 0.1) is 5.82 Å². The predicted octanol–water partition coefficient (Wildman–Crippen LogP) is -3.27. The molecule has 210 valence electrons. The summed E-state index contributed by atoms with van der Waals surface area (Å²) >= 11 is 0. The minimum Gasteiger partial charge on any atom is -0.547 e. The number of anilines is 1. The first-order valence-electron chi connectivity index (χ1n) is 11.3. The fraction of sp³-hybridized carbons (Fsp3) is 0.417. The van der Waals surface area contributed by atoms with Gasteiger partial charge in [-0.1, -0.05) is 0 Å². The third kappa shape index (κ3) is 9.65. The van der Waals surface area contributed by atoms with Crippen molar-refractivity contribution in [2.75, 3.05) is 39.7 Å². The average Bonchev–Trinajstić information content (AvgIpc) is 2.89. The Bertz CT molecular complexity index is 1220. The van der Waals surface area contributed by atoms with Crippen LogP contribution in [0.2, 0.25) is 0 Å². The number of carboxylic acids is 2. The number of ether oxygens (including phenoxy) is 2. The number of methoxy groups -OCH3 is 2. The van der Waals surface area contributed by atoms with Gasteiger partial charge in [-0.15, -0.1) is 0 Å². The van der Waals surface area contributed by atoms with Gasteiger partial charge in [-0.2, -0.15) is 0 Å². The number of aliphatic hydroxyl groups excluding tert-OH is 2. The molecule has 1 aliphatic rings. The van der Waals surface area contributed by atoms with Gasteiger partial charge in [0.25, 0.3) is 0 Å². The topological polar surface area (TPSA) is 186 Å². The van der Waals surface area contributed by atoms with Crippen molar-refractivity contribution in [3.8, 4) is 11.5 Å². The summed E-state index contributed by atoms with van der Waals surface area (Å²) in [7, 11) is 1.00. The second-order valence-corrected chi connectivity index (χ2v) is 10.3. The van der Waals surface area contributed by atoms with Gasteiger partial charge in [0.1, 0.15) is 28.3 Å². The Kier molecular flexibility index (Phi) is 14.3. The van der Waals surface area contributed by atoms with Gasteiger partial charge in [-0.25, -0.2) is 17.6 Å². The molecule has 0 aromatic heterocycles. The number of carboxylic acid groups (broad SMARTS) is 2. The first-order chi connectivity index (χ1) is 17.8. The van der Waals surface area contributed by atoms with Crippen molar-refractivity contribution in [2.24, 2.45) is 0 Å². The molecule has 1 heterocycles. The predicted molar refractivity (Wildman–Crippen MR) is 130 cm³/mol. The van der Waals surface area contributed by atoms with Crippen molar-refractivity contribution in [1.29, 1.82) is 0 Å². The number of aliphatic carboxylic acids is 2. The van der Waals surface area contributed by atoms with Gasteiger partial charge < -0.3 is 44.9 Å². The molecule has 0 saturated carbocycles. The van der Waals surface area contributed by atoms with E-state index in [1.54, 1.807) is 13.2 Å². The number of sulfone groups is 1. The van der Waals surface area contributed by atoms with E-state index < -0.39 is 39.8 Å². The molecule has 0 bridgehead atoms. The number of hydrogen-bond acceptors (Lipinski definition) is 11. The van der Waals surface area contributed by atoms with Crippen LogP contribution in [-0.2, 0) is 19.4 Å². The summed E-state index contributed by atoms with van der Waals surface area (Å²) in [5, 5.41) is 37.5. The number of likely N-dealkylation sites (tertiary alicyclic amines) is 1. The van der Waals surface area contributed by atoms with E-state index in [1.807, 2.05) is 0 Å². The SMILES string of the molecule is COc1ccc(S(=O)(=O)c2cc(F)ccc2OC)cc1NC1CCN(C)CC1.O=C([O-])C(O)C(O)C(=O)O.[K+]. The number of carbonyl (C=O) groups is 2. The molecule has 2 aromatic carbocycles. The molecule has 1 saturated heterocycles. The van der Waals surface area contributed by atoms with Gasteiger partial charge in [0.15, 0.2) is 6.10 Å². The molecular weight excluding hydrogens is 566 g/mol. The van der Waals surface area contributed by atoms with Crippen LogP contribution in [0.15, 0.2) is 46.2 Å². The quantitative estimate of drug-likeness (QED) is 0.212. The van der Waals surface area contributed by atoms with E-state index in [-0.39, 0.29) is 73.0 Å². The summed E-state index contributed by atoms with van der Waals surface area (Å²) in [4.78, 5) is 21.5. The third-order valence-corrected chi connectivity index (χ3v) is 7.54. The van der Waals surface area contributed by atoms with Gasteiger partial charge in [-0.05, 0) is 69.4 Å². The molecule has 0 radical (unpaired) electrons.